The summed E-state index contributed by atoms with van der Waals surface area (Å²) >= 11 is 0. The Hall–Kier alpha value is -2.70. The molecule has 0 spiro atoms. The second-order valence-electron chi connectivity index (χ2n) is 5.27. The Kier molecular flexibility index (Phi) is 6.27. The molecule has 2 N–H and O–H groups in total. The van der Waals surface area contributed by atoms with Crippen molar-refractivity contribution in [3.63, 3.8) is 0 Å². The fraction of sp³-hybridized carbons (Fsp3) is 0.278. The van der Waals surface area contributed by atoms with Crippen LogP contribution >= 0.6 is 0 Å². The number of ether oxygens (including phenoxy) is 1. The quantitative estimate of drug-likeness (QED) is 0.754. The molecule has 0 atom stereocenters. The zero-order valence-corrected chi connectivity index (χ0v) is 13.7. The van der Waals surface area contributed by atoms with E-state index in [1.807, 2.05) is 25.1 Å². The number of rotatable bonds is 6. The summed E-state index contributed by atoms with van der Waals surface area (Å²) in [4.78, 5) is 11.8. The highest BCUT2D eigenvalue weighted by atomic mass is 19.4. The number of urea groups is 1. The van der Waals surface area contributed by atoms with Gasteiger partial charge in [0.1, 0.15) is 12.4 Å². The van der Waals surface area contributed by atoms with Crippen molar-refractivity contribution in [3.05, 3.63) is 59.7 Å². The highest BCUT2D eigenvalue weighted by molar-refractivity contribution is 5.90. The van der Waals surface area contributed by atoms with E-state index in [9.17, 15) is 18.0 Å². The molecule has 0 aromatic heterocycles. The van der Waals surface area contributed by atoms with Crippen LogP contribution < -0.4 is 15.4 Å². The Morgan fingerprint density at radius 3 is 2.60 bits per heavy atom. The third kappa shape index (κ3) is 5.70. The highest BCUT2D eigenvalue weighted by Crippen LogP contribution is 2.34. The number of alkyl halides is 3. The van der Waals surface area contributed by atoms with E-state index in [4.69, 9.17) is 4.74 Å². The minimum absolute atomic E-state index is 0.163. The van der Waals surface area contributed by atoms with Gasteiger partial charge in [-0.15, -0.1) is 0 Å². The maximum absolute atomic E-state index is 12.9. The Labute approximate surface area is 144 Å². The molecule has 0 aliphatic rings. The monoisotopic (exact) mass is 352 g/mol. The van der Waals surface area contributed by atoms with Crippen LogP contribution in [0.25, 0.3) is 0 Å². The molecule has 0 aliphatic carbocycles. The van der Waals surface area contributed by atoms with E-state index in [2.05, 4.69) is 10.6 Å². The third-order valence-corrected chi connectivity index (χ3v) is 3.44. The average Bonchev–Trinajstić information content (AvgIpc) is 2.58. The summed E-state index contributed by atoms with van der Waals surface area (Å²) in [6.07, 6.45) is -3.65. The van der Waals surface area contributed by atoms with Crippen molar-refractivity contribution in [1.82, 2.24) is 5.32 Å². The average molecular weight is 352 g/mol. The normalized spacial score (nSPS) is 11.0. The van der Waals surface area contributed by atoms with Crippen LogP contribution in [0.2, 0.25) is 0 Å². The Balaban J connectivity index is 1.82. The van der Waals surface area contributed by atoms with Gasteiger partial charge in [0.2, 0.25) is 0 Å². The number of para-hydroxylation sites is 1. The molecule has 25 heavy (non-hydrogen) atoms. The van der Waals surface area contributed by atoms with E-state index in [0.717, 1.165) is 18.1 Å². The SMILES string of the molecule is CCc1cccc(OCCNC(=O)Nc2ccccc2C(F)(F)F)c1. The molecule has 2 rings (SSSR count). The maximum Gasteiger partial charge on any atom is 0.418 e. The molecule has 134 valence electrons. The van der Waals surface area contributed by atoms with Crippen LogP contribution in [0.4, 0.5) is 23.7 Å². The number of anilines is 1. The number of hydrogen-bond acceptors (Lipinski definition) is 2. The van der Waals surface area contributed by atoms with Gasteiger partial charge < -0.3 is 15.4 Å². The largest absolute Gasteiger partial charge is 0.492 e. The van der Waals surface area contributed by atoms with Crippen LogP contribution in [0.3, 0.4) is 0 Å². The number of aryl methyl sites for hydroxylation is 1. The number of amides is 2. The van der Waals surface area contributed by atoms with Crippen molar-refractivity contribution in [2.24, 2.45) is 0 Å². The van der Waals surface area contributed by atoms with Crippen LogP contribution in [0, 0.1) is 0 Å². The van der Waals surface area contributed by atoms with E-state index in [1.54, 1.807) is 6.07 Å². The molecule has 0 bridgehead atoms. The molecule has 0 saturated heterocycles. The summed E-state index contributed by atoms with van der Waals surface area (Å²) in [5, 5.41) is 4.67. The van der Waals surface area contributed by atoms with Crippen molar-refractivity contribution in [3.8, 4) is 5.75 Å². The van der Waals surface area contributed by atoms with Crippen LogP contribution in [-0.4, -0.2) is 19.2 Å². The van der Waals surface area contributed by atoms with E-state index in [1.165, 1.54) is 18.2 Å². The Morgan fingerprint density at radius 1 is 1.12 bits per heavy atom. The predicted octanol–water partition coefficient (Wildman–Crippen LogP) is 4.47. The molecular weight excluding hydrogens is 333 g/mol. The van der Waals surface area contributed by atoms with E-state index >= 15 is 0 Å². The summed E-state index contributed by atoms with van der Waals surface area (Å²) in [6, 6.07) is 11.7. The maximum atomic E-state index is 12.9. The number of carbonyl (C=O) groups is 1. The van der Waals surface area contributed by atoms with Gasteiger partial charge in [0, 0.05) is 0 Å². The molecule has 0 saturated carbocycles. The van der Waals surface area contributed by atoms with Crippen LogP contribution in [0.1, 0.15) is 18.1 Å². The van der Waals surface area contributed by atoms with Gasteiger partial charge in [-0.05, 0) is 36.2 Å². The summed E-state index contributed by atoms with van der Waals surface area (Å²) in [6.45, 7) is 2.40. The summed E-state index contributed by atoms with van der Waals surface area (Å²) in [5.74, 6) is 0.684. The van der Waals surface area contributed by atoms with Crippen LogP contribution in [-0.2, 0) is 12.6 Å². The number of nitrogens with one attached hydrogen (secondary N) is 2. The zero-order chi connectivity index (χ0) is 18.3. The first-order valence-corrected chi connectivity index (χ1v) is 7.83. The molecular formula is C18H19F3N2O2. The van der Waals surface area contributed by atoms with Gasteiger partial charge in [-0.25, -0.2) is 4.79 Å². The standard InChI is InChI=1S/C18H19F3N2O2/c1-2-13-6-5-7-14(12-13)25-11-10-22-17(24)23-16-9-4-3-8-15(16)18(19,20)21/h3-9,12H,2,10-11H2,1H3,(H2,22,23,24). The second kappa shape index (κ2) is 8.41. The van der Waals surface area contributed by atoms with Gasteiger partial charge in [0.05, 0.1) is 17.8 Å². The lowest BCUT2D eigenvalue weighted by molar-refractivity contribution is -0.136. The lowest BCUT2D eigenvalue weighted by Crippen LogP contribution is -2.32. The third-order valence-electron chi connectivity index (χ3n) is 3.44. The molecule has 7 heteroatoms. The molecule has 0 unspecified atom stereocenters. The lowest BCUT2D eigenvalue weighted by atomic mass is 10.1. The van der Waals surface area contributed by atoms with Crippen molar-refractivity contribution in [2.45, 2.75) is 19.5 Å². The lowest BCUT2D eigenvalue weighted by Gasteiger charge is -2.14. The van der Waals surface area contributed by atoms with Crippen molar-refractivity contribution < 1.29 is 22.7 Å². The second-order valence-corrected chi connectivity index (χ2v) is 5.27. The van der Waals surface area contributed by atoms with Gasteiger partial charge in [0.15, 0.2) is 0 Å². The Morgan fingerprint density at radius 2 is 1.88 bits per heavy atom. The van der Waals surface area contributed by atoms with Gasteiger partial charge in [-0.3, -0.25) is 0 Å². The molecule has 0 aliphatic heterocycles. The molecule has 0 fully saturated rings. The van der Waals surface area contributed by atoms with Crippen LogP contribution in [0.5, 0.6) is 5.75 Å². The zero-order valence-electron chi connectivity index (χ0n) is 13.7. The smallest absolute Gasteiger partial charge is 0.418 e. The first-order chi connectivity index (χ1) is 11.9. The number of hydrogen-bond donors (Lipinski definition) is 2. The summed E-state index contributed by atoms with van der Waals surface area (Å²) < 4.78 is 44.1. The summed E-state index contributed by atoms with van der Waals surface area (Å²) in [7, 11) is 0. The fourth-order valence-electron chi connectivity index (χ4n) is 2.19. The molecule has 2 amide bonds. The van der Waals surface area contributed by atoms with Gasteiger partial charge >= 0.3 is 12.2 Å². The minimum Gasteiger partial charge on any atom is -0.492 e. The molecule has 2 aromatic carbocycles. The summed E-state index contributed by atoms with van der Waals surface area (Å²) in [5.41, 5.74) is -0.0474. The molecule has 4 nitrogen and oxygen atoms in total. The fourth-order valence-corrected chi connectivity index (χ4v) is 2.19. The van der Waals surface area contributed by atoms with Gasteiger partial charge in [0.25, 0.3) is 0 Å². The minimum atomic E-state index is -4.53. The van der Waals surface area contributed by atoms with Gasteiger partial charge in [-0.2, -0.15) is 13.2 Å². The van der Waals surface area contributed by atoms with Crippen molar-refractivity contribution in [2.75, 3.05) is 18.5 Å². The first kappa shape index (κ1) is 18.6. The van der Waals surface area contributed by atoms with Crippen molar-refractivity contribution in [1.29, 1.82) is 0 Å². The predicted molar refractivity (Wildman–Crippen MR) is 89.8 cm³/mol. The highest BCUT2D eigenvalue weighted by Gasteiger charge is 2.33. The molecule has 0 radical (unpaired) electrons. The Bertz CT molecular complexity index is 717. The van der Waals surface area contributed by atoms with Gasteiger partial charge in [-0.1, -0.05) is 31.2 Å². The van der Waals surface area contributed by atoms with Crippen molar-refractivity contribution >= 4 is 11.7 Å². The van der Waals surface area contributed by atoms with E-state index < -0.39 is 17.8 Å². The van der Waals surface area contributed by atoms with Crippen LogP contribution in [0.15, 0.2) is 48.5 Å². The molecule has 0 heterocycles. The first-order valence-electron chi connectivity index (χ1n) is 7.83. The number of halogens is 3. The van der Waals surface area contributed by atoms with E-state index in [-0.39, 0.29) is 18.8 Å². The number of carbonyl (C=O) groups excluding carboxylic acids is 1. The molecule has 2 aromatic rings. The number of benzene rings is 2. The van der Waals surface area contributed by atoms with E-state index in [0.29, 0.717) is 5.75 Å². The topological polar surface area (TPSA) is 50.4 Å².